The molecule has 1 N–H and O–H groups in total. The van der Waals surface area contributed by atoms with Crippen LogP contribution in [0.3, 0.4) is 0 Å². The average molecular weight is 332 g/mol. The minimum absolute atomic E-state index is 0.0296. The van der Waals surface area contributed by atoms with Gasteiger partial charge in [0.1, 0.15) is 12.4 Å². The van der Waals surface area contributed by atoms with Gasteiger partial charge in [0.2, 0.25) is 11.8 Å². The second kappa shape index (κ2) is 6.46. The fourth-order valence-electron chi connectivity index (χ4n) is 2.72. The molecule has 2 rings (SSSR count). The highest BCUT2D eigenvalue weighted by Gasteiger charge is 2.37. The van der Waals surface area contributed by atoms with Crippen molar-refractivity contribution in [1.29, 1.82) is 0 Å². The van der Waals surface area contributed by atoms with Crippen LogP contribution >= 0.6 is 0 Å². The van der Waals surface area contributed by atoms with Crippen molar-refractivity contribution in [2.45, 2.75) is 48.0 Å². The zero-order valence-corrected chi connectivity index (χ0v) is 15.5. The van der Waals surface area contributed by atoms with E-state index >= 15 is 0 Å². The summed E-state index contributed by atoms with van der Waals surface area (Å²) in [4.78, 5) is 26.6. The van der Waals surface area contributed by atoms with Gasteiger partial charge in [-0.05, 0) is 44.4 Å². The lowest BCUT2D eigenvalue weighted by Gasteiger charge is -2.27. The van der Waals surface area contributed by atoms with Crippen LogP contribution in [0, 0.1) is 10.8 Å². The smallest absolute Gasteiger partial charge is 0.236 e. The zero-order chi connectivity index (χ0) is 18.1. The summed E-state index contributed by atoms with van der Waals surface area (Å²) >= 11 is 0. The highest BCUT2D eigenvalue weighted by atomic mass is 16.5. The van der Waals surface area contributed by atoms with Crippen LogP contribution in [-0.2, 0) is 9.59 Å². The zero-order valence-electron chi connectivity index (χ0n) is 15.5. The van der Waals surface area contributed by atoms with E-state index in [1.54, 1.807) is 4.90 Å². The van der Waals surface area contributed by atoms with Crippen LogP contribution in [0.25, 0.3) is 0 Å². The second-order valence-electron chi connectivity index (χ2n) is 8.19. The molecule has 0 saturated carbocycles. The summed E-state index contributed by atoms with van der Waals surface area (Å²) in [7, 11) is 0. The van der Waals surface area contributed by atoms with Crippen molar-refractivity contribution in [3.8, 4) is 5.75 Å². The lowest BCUT2D eigenvalue weighted by molar-refractivity contribution is -0.127. The summed E-state index contributed by atoms with van der Waals surface area (Å²) in [5.41, 5.74) is 0.734. The largest absolute Gasteiger partial charge is 0.490 e. The standard InChI is InChI=1S/C19H28N2O3/c1-7-21-14-10-13(20-16(22)11-18(2,3)4)8-9-15(14)24-12-19(5,6)17(21)23/h8-10H,7,11-12H2,1-6H3,(H,20,22). The number of benzene rings is 1. The monoisotopic (exact) mass is 332 g/mol. The predicted octanol–water partition coefficient (Wildman–Crippen LogP) is 3.83. The number of carbonyl (C=O) groups is 2. The molecule has 1 heterocycles. The maximum atomic E-state index is 12.7. The Bertz CT molecular complexity index is 645. The first kappa shape index (κ1) is 18.3. The van der Waals surface area contributed by atoms with Crippen molar-refractivity contribution in [3.63, 3.8) is 0 Å². The number of anilines is 2. The van der Waals surface area contributed by atoms with Gasteiger partial charge in [0, 0.05) is 18.7 Å². The van der Waals surface area contributed by atoms with Crippen molar-refractivity contribution in [2.24, 2.45) is 10.8 Å². The fraction of sp³-hybridized carbons (Fsp3) is 0.579. The van der Waals surface area contributed by atoms with Gasteiger partial charge in [-0.15, -0.1) is 0 Å². The first-order valence-corrected chi connectivity index (χ1v) is 8.42. The molecular weight excluding hydrogens is 304 g/mol. The average Bonchev–Trinajstić information content (AvgIpc) is 2.53. The maximum Gasteiger partial charge on any atom is 0.236 e. The molecule has 0 unspecified atom stereocenters. The Morgan fingerprint density at radius 1 is 1.33 bits per heavy atom. The Kier molecular flexibility index (Phi) is 4.92. The lowest BCUT2D eigenvalue weighted by atomic mass is 9.92. The molecule has 2 amide bonds. The van der Waals surface area contributed by atoms with Gasteiger partial charge >= 0.3 is 0 Å². The normalized spacial score (nSPS) is 16.9. The third-order valence-corrected chi connectivity index (χ3v) is 3.95. The molecule has 0 saturated heterocycles. The number of fused-ring (bicyclic) bond motifs is 1. The minimum atomic E-state index is -0.579. The Hall–Kier alpha value is -2.04. The van der Waals surface area contributed by atoms with E-state index in [1.165, 1.54) is 0 Å². The molecule has 0 bridgehead atoms. The van der Waals surface area contributed by atoms with E-state index in [4.69, 9.17) is 4.74 Å². The van der Waals surface area contributed by atoms with Gasteiger partial charge in [-0.1, -0.05) is 20.8 Å². The lowest BCUT2D eigenvalue weighted by Crippen LogP contribution is -2.42. The SMILES string of the molecule is CCN1C(=O)C(C)(C)COc2ccc(NC(=O)CC(C)(C)C)cc21. The summed E-state index contributed by atoms with van der Waals surface area (Å²) in [5.74, 6) is 0.665. The van der Waals surface area contributed by atoms with Gasteiger partial charge in [0.25, 0.3) is 0 Å². The summed E-state index contributed by atoms with van der Waals surface area (Å²) in [5, 5.41) is 2.92. The molecule has 5 heteroatoms. The van der Waals surface area contributed by atoms with Crippen molar-refractivity contribution in [1.82, 2.24) is 0 Å². The molecule has 1 aliphatic heterocycles. The van der Waals surface area contributed by atoms with Crippen LogP contribution in [0.4, 0.5) is 11.4 Å². The third-order valence-electron chi connectivity index (χ3n) is 3.95. The number of hydrogen-bond donors (Lipinski definition) is 1. The summed E-state index contributed by atoms with van der Waals surface area (Å²) in [6.07, 6.45) is 0.435. The third kappa shape index (κ3) is 4.08. The topological polar surface area (TPSA) is 58.6 Å². The molecule has 0 aromatic heterocycles. The molecule has 1 aliphatic rings. The van der Waals surface area contributed by atoms with Gasteiger partial charge in [0.05, 0.1) is 11.1 Å². The molecule has 0 spiro atoms. The summed E-state index contributed by atoms with van der Waals surface area (Å²) in [6.45, 7) is 12.7. The van der Waals surface area contributed by atoms with E-state index in [9.17, 15) is 9.59 Å². The molecule has 132 valence electrons. The first-order valence-electron chi connectivity index (χ1n) is 8.42. The molecule has 5 nitrogen and oxygen atoms in total. The number of ether oxygens (including phenoxy) is 1. The second-order valence-corrected chi connectivity index (χ2v) is 8.19. The minimum Gasteiger partial charge on any atom is -0.490 e. The fourth-order valence-corrected chi connectivity index (χ4v) is 2.72. The van der Waals surface area contributed by atoms with E-state index in [1.807, 2.05) is 59.7 Å². The van der Waals surface area contributed by atoms with Crippen LogP contribution in [0.15, 0.2) is 18.2 Å². The quantitative estimate of drug-likeness (QED) is 0.915. The van der Waals surface area contributed by atoms with Crippen molar-refractivity contribution in [2.75, 3.05) is 23.4 Å². The number of nitrogens with zero attached hydrogens (tertiary/aromatic N) is 1. The van der Waals surface area contributed by atoms with Gasteiger partial charge in [-0.2, -0.15) is 0 Å². The molecular formula is C19H28N2O3. The van der Waals surface area contributed by atoms with Crippen molar-refractivity contribution >= 4 is 23.2 Å². The van der Waals surface area contributed by atoms with Gasteiger partial charge in [-0.25, -0.2) is 0 Å². The van der Waals surface area contributed by atoms with Crippen LogP contribution in [-0.4, -0.2) is 25.0 Å². The van der Waals surface area contributed by atoms with Crippen LogP contribution in [0.1, 0.15) is 48.0 Å². The number of carbonyl (C=O) groups excluding carboxylic acids is 2. The highest BCUT2D eigenvalue weighted by molar-refractivity contribution is 6.00. The van der Waals surface area contributed by atoms with Crippen LogP contribution in [0.5, 0.6) is 5.75 Å². The summed E-state index contributed by atoms with van der Waals surface area (Å²) < 4.78 is 5.83. The Balaban J connectivity index is 2.30. The molecule has 0 radical (unpaired) electrons. The number of rotatable bonds is 3. The molecule has 1 aromatic carbocycles. The van der Waals surface area contributed by atoms with Gasteiger partial charge in [0.15, 0.2) is 0 Å². The number of amides is 2. The van der Waals surface area contributed by atoms with Crippen LogP contribution < -0.4 is 15.0 Å². The molecule has 0 atom stereocenters. The van der Waals surface area contributed by atoms with Crippen molar-refractivity contribution < 1.29 is 14.3 Å². The molecule has 0 fully saturated rings. The van der Waals surface area contributed by atoms with E-state index in [-0.39, 0.29) is 17.2 Å². The molecule has 1 aromatic rings. The maximum absolute atomic E-state index is 12.7. The first-order chi connectivity index (χ1) is 11.0. The van der Waals surface area contributed by atoms with E-state index in [0.29, 0.717) is 36.7 Å². The van der Waals surface area contributed by atoms with E-state index in [0.717, 1.165) is 0 Å². The number of hydrogen-bond acceptors (Lipinski definition) is 3. The predicted molar refractivity (Wildman–Crippen MR) is 96.4 cm³/mol. The number of nitrogens with one attached hydrogen (secondary N) is 1. The Labute approximate surface area is 144 Å². The van der Waals surface area contributed by atoms with Crippen molar-refractivity contribution in [3.05, 3.63) is 18.2 Å². The summed E-state index contributed by atoms with van der Waals surface area (Å²) in [6, 6.07) is 5.45. The Morgan fingerprint density at radius 2 is 2.00 bits per heavy atom. The van der Waals surface area contributed by atoms with E-state index < -0.39 is 5.41 Å². The van der Waals surface area contributed by atoms with Gasteiger partial charge in [-0.3, -0.25) is 9.59 Å². The molecule has 0 aliphatic carbocycles. The van der Waals surface area contributed by atoms with E-state index in [2.05, 4.69) is 5.32 Å². The van der Waals surface area contributed by atoms with Gasteiger partial charge < -0.3 is 15.0 Å². The highest BCUT2D eigenvalue weighted by Crippen LogP contribution is 2.38. The molecule has 24 heavy (non-hydrogen) atoms. The van der Waals surface area contributed by atoms with Crippen LogP contribution in [0.2, 0.25) is 0 Å². The Morgan fingerprint density at radius 3 is 2.58 bits per heavy atom.